The summed E-state index contributed by atoms with van der Waals surface area (Å²) in [7, 11) is 1.33. The monoisotopic (exact) mass is 808 g/mol. The van der Waals surface area contributed by atoms with Crippen molar-refractivity contribution in [1.82, 2.24) is 0 Å². The molecule has 0 aromatic carbocycles. The van der Waals surface area contributed by atoms with Crippen LogP contribution in [0.2, 0.25) is 0 Å². The van der Waals surface area contributed by atoms with Crippen LogP contribution in [0.3, 0.4) is 0 Å². The number of ether oxygens (including phenoxy) is 2. The van der Waals surface area contributed by atoms with Crippen LogP contribution >= 0.6 is 7.82 Å². The number of likely N-dealkylation sites (N-methyl/N-ethyl adjacent to an activating group) is 1. The smallest absolute Gasteiger partial charge is 0.306 e. The molecule has 0 N–H and O–H groups in total. The lowest BCUT2D eigenvalue weighted by atomic mass is 10.1. The summed E-state index contributed by atoms with van der Waals surface area (Å²) in [5.74, 6) is -0.350. The highest BCUT2D eigenvalue weighted by Gasteiger charge is 2.20. The van der Waals surface area contributed by atoms with Gasteiger partial charge in [0.15, 0.2) is 0 Å². The van der Waals surface area contributed by atoms with Crippen LogP contribution in [0, 0.1) is 0 Å². The Kier molecular flexibility index (Phi) is 38.7. The maximum absolute atomic E-state index is 12.7. The van der Waals surface area contributed by atoms with Crippen molar-refractivity contribution in [3.63, 3.8) is 0 Å². The first-order valence-corrected chi connectivity index (χ1v) is 24.0. The molecule has 56 heavy (non-hydrogen) atoms. The van der Waals surface area contributed by atoms with Crippen molar-refractivity contribution < 1.29 is 37.3 Å². The lowest BCUT2D eigenvalue weighted by Gasteiger charge is -2.28. The summed E-state index contributed by atoms with van der Waals surface area (Å²) >= 11 is 0. The van der Waals surface area contributed by atoms with E-state index in [0.29, 0.717) is 24.1 Å². The van der Waals surface area contributed by atoms with Crippen molar-refractivity contribution in [3.05, 3.63) is 60.8 Å². The Bertz CT molecular complexity index is 1080. The van der Waals surface area contributed by atoms with Crippen molar-refractivity contribution in [2.24, 2.45) is 0 Å². The molecule has 9 heteroatoms. The van der Waals surface area contributed by atoms with Crippen LogP contribution in [0.1, 0.15) is 174 Å². The van der Waals surface area contributed by atoms with Gasteiger partial charge in [-0.3, -0.25) is 9.36 Å². The molecule has 0 saturated heterocycles. The summed E-state index contributed by atoms with van der Waals surface area (Å²) in [6, 6.07) is 0. The van der Waals surface area contributed by atoms with E-state index in [0.717, 1.165) is 77.0 Å². The van der Waals surface area contributed by atoms with E-state index in [-0.39, 0.29) is 25.8 Å². The van der Waals surface area contributed by atoms with E-state index in [4.69, 9.17) is 18.5 Å². The van der Waals surface area contributed by atoms with Gasteiger partial charge in [-0.25, -0.2) is 0 Å². The zero-order valence-corrected chi connectivity index (χ0v) is 37.7. The molecule has 0 saturated carbocycles. The third-order valence-electron chi connectivity index (χ3n) is 9.30. The molecule has 0 aliphatic rings. The molecule has 0 aromatic rings. The molecule has 0 amide bonds. The van der Waals surface area contributed by atoms with Gasteiger partial charge in [0.1, 0.15) is 19.3 Å². The van der Waals surface area contributed by atoms with Crippen molar-refractivity contribution in [3.8, 4) is 0 Å². The standard InChI is InChI=1S/C47H86NO7P/c1-6-8-10-12-14-16-18-20-22-24-26-28-30-32-34-36-38-40-47(49)55-46(45-54-56(50,51)53-43-41-48(3,4)5)44-52-42-39-37-35-33-31-29-27-25-23-21-19-17-15-13-11-9-7-2/h8,10,14,16-17,19-20,22-23,25,46H,6-7,9,11-13,15,18,21,24,26-45H2,1-5H3/b10-8-,16-14-,19-17-,22-20-,25-23-. The summed E-state index contributed by atoms with van der Waals surface area (Å²) in [5, 5.41) is 0. The average Bonchev–Trinajstić information content (AvgIpc) is 3.15. The van der Waals surface area contributed by atoms with Crippen LogP contribution in [0.4, 0.5) is 0 Å². The maximum atomic E-state index is 12.7. The van der Waals surface area contributed by atoms with E-state index in [2.05, 4.69) is 74.6 Å². The Morgan fingerprint density at radius 2 is 1.04 bits per heavy atom. The number of unbranched alkanes of at least 4 members (excludes halogenated alkanes) is 17. The number of carbonyl (C=O) groups excluding carboxylic acids is 1. The molecule has 0 fully saturated rings. The number of hydrogen-bond donors (Lipinski definition) is 0. The van der Waals surface area contributed by atoms with E-state index in [9.17, 15) is 14.3 Å². The Morgan fingerprint density at radius 1 is 0.571 bits per heavy atom. The number of nitrogens with zero attached hydrogens (tertiary/aromatic N) is 1. The van der Waals surface area contributed by atoms with Crippen LogP contribution in [0.25, 0.3) is 0 Å². The molecule has 0 heterocycles. The van der Waals surface area contributed by atoms with E-state index < -0.39 is 13.9 Å². The van der Waals surface area contributed by atoms with Gasteiger partial charge in [0.05, 0.1) is 34.4 Å². The quantitative estimate of drug-likeness (QED) is 0.0200. The van der Waals surface area contributed by atoms with Gasteiger partial charge in [-0.2, -0.15) is 0 Å². The lowest BCUT2D eigenvalue weighted by molar-refractivity contribution is -0.870. The second-order valence-corrected chi connectivity index (χ2v) is 17.4. The Hall–Kier alpha value is -1.80. The van der Waals surface area contributed by atoms with Gasteiger partial charge >= 0.3 is 5.97 Å². The molecule has 2 atom stereocenters. The fourth-order valence-corrected chi connectivity index (χ4v) is 6.55. The molecule has 0 aliphatic heterocycles. The minimum absolute atomic E-state index is 0.0192. The molecule has 8 nitrogen and oxygen atoms in total. The predicted molar refractivity (Wildman–Crippen MR) is 236 cm³/mol. The van der Waals surface area contributed by atoms with Crippen molar-refractivity contribution >= 4 is 13.8 Å². The van der Waals surface area contributed by atoms with Gasteiger partial charge in [-0.05, 0) is 77.0 Å². The fraction of sp³-hybridized carbons (Fsp3) is 0.766. The molecule has 0 rings (SSSR count). The van der Waals surface area contributed by atoms with Crippen molar-refractivity contribution in [2.75, 3.05) is 54.1 Å². The molecule has 0 spiro atoms. The third-order valence-corrected chi connectivity index (χ3v) is 10.3. The first kappa shape index (κ1) is 54.2. The fourth-order valence-electron chi connectivity index (χ4n) is 5.82. The Labute approximate surface area is 345 Å². The highest BCUT2D eigenvalue weighted by Crippen LogP contribution is 2.38. The maximum Gasteiger partial charge on any atom is 0.306 e. The number of esters is 1. The summed E-state index contributed by atoms with van der Waals surface area (Å²) in [6.07, 6.45) is 49.4. The minimum atomic E-state index is -4.53. The van der Waals surface area contributed by atoms with Gasteiger partial charge in [-0.15, -0.1) is 0 Å². The molecule has 0 bridgehead atoms. The van der Waals surface area contributed by atoms with Gasteiger partial charge in [-0.1, -0.05) is 152 Å². The molecule has 326 valence electrons. The summed E-state index contributed by atoms with van der Waals surface area (Å²) in [4.78, 5) is 25.1. The van der Waals surface area contributed by atoms with Crippen LogP contribution in [0.15, 0.2) is 60.8 Å². The van der Waals surface area contributed by atoms with E-state index in [1.165, 1.54) is 77.0 Å². The highest BCUT2D eigenvalue weighted by molar-refractivity contribution is 7.45. The van der Waals surface area contributed by atoms with E-state index in [1.54, 1.807) is 0 Å². The number of phosphoric acid groups is 1. The molecule has 0 aliphatic carbocycles. The van der Waals surface area contributed by atoms with Crippen LogP contribution in [0.5, 0.6) is 0 Å². The number of carbonyl (C=O) groups is 1. The average molecular weight is 808 g/mol. The van der Waals surface area contributed by atoms with Crippen LogP contribution < -0.4 is 4.89 Å². The third kappa shape index (κ3) is 43.3. The SMILES string of the molecule is CC/C=C\C/C=C\C/C=C\CCCCCCCCCC(=O)OC(COCCCCCCCC/C=C\C/C=C\CCCCCC)COP(=O)([O-])OCC[N+](C)(C)C. The van der Waals surface area contributed by atoms with E-state index in [1.807, 2.05) is 21.1 Å². The van der Waals surface area contributed by atoms with Gasteiger partial charge < -0.3 is 27.9 Å². The predicted octanol–water partition coefficient (Wildman–Crippen LogP) is 12.7. The molecule has 2 unspecified atom stereocenters. The van der Waals surface area contributed by atoms with Crippen molar-refractivity contribution in [2.45, 2.75) is 180 Å². The molecular weight excluding hydrogens is 721 g/mol. The van der Waals surface area contributed by atoms with Gasteiger partial charge in [0.25, 0.3) is 7.82 Å². The molecule has 0 aromatic heterocycles. The number of phosphoric ester groups is 1. The number of quaternary nitrogens is 1. The number of hydrogen-bond acceptors (Lipinski definition) is 7. The normalized spacial score (nSPS) is 14.3. The van der Waals surface area contributed by atoms with E-state index >= 15 is 0 Å². The van der Waals surface area contributed by atoms with Crippen molar-refractivity contribution in [1.29, 1.82) is 0 Å². The van der Waals surface area contributed by atoms with Crippen LogP contribution in [-0.2, 0) is 27.9 Å². The van der Waals surface area contributed by atoms with Gasteiger partial charge in [0, 0.05) is 13.0 Å². The second-order valence-electron chi connectivity index (χ2n) is 16.0. The zero-order chi connectivity index (χ0) is 41.3. The molecule has 0 radical (unpaired) electrons. The largest absolute Gasteiger partial charge is 0.756 e. The number of allylic oxidation sites excluding steroid dienone is 10. The zero-order valence-electron chi connectivity index (χ0n) is 36.8. The topological polar surface area (TPSA) is 94.1 Å². The second kappa shape index (κ2) is 40.0. The molecular formula is C47H86NO7P. The Morgan fingerprint density at radius 3 is 1.55 bits per heavy atom. The van der Waals surface area contributed by atoms with Gasteiger partial charge in [0.2, 0.25) is 0 Å². The Balaban J connectivity index is 4.27. The number of rotatable bonds is 41. The summed E-state index contributed by atoms with van der Waals surface area (Å²) in [6.45, 7) is 5.24. The summed E-state index contributed by atoms with van der Waals surface area (Å²) < 4.78 is 34.6. The summed E-state index contributed by atoms with van der Waals surface area (Å²) in [5.41, 5.74) is 0. The first-order valence-electron chi connectivity index (χ1n) is 22.5. The minimum Gasteiger partial charge on any atom is -0.756 e. The lowest BCUT2D eigenvalue weighted by Crippen LogP contribution is -2.37. The highest BCUT2D eigenvalue weighted by atomic mass is 31.2. The first-order chi connectivity index (χ1) is 27.1. The van der Waals surface area contributed by atoms with Crippen LogP contribution in [-0.4, -0.2) is 70.7 Å².